The number of methoxy groups -OCH3 is 1. The number of rotatable bonds is 6. The summed E-state index contributed by atoms with van der Waals surface area (Å²) in [5.74, 6) is 1.39. The fourth-order valence-corrected chi connectivity index (χ4v) is 2.91. The molecule has 0 fully saturated rings. The molecule has 0 unspecified atom stereocenters. The number of imidazole rings is 1. The fourth-order valence-electron chi connectivity index (χ4n) is 2.79. The molecule has 0 spiro atoms. The summed E-state index contributed by atoms with van der Waals surface area (Å²) in [7, 11) is 3.51. The number of carbonyl (C=O) groups is 1. The molecule has 5 nitrogen and oxygen atoms in total. The molecule has 3 aromatic rings. The van der Waals surface area contributed by atoms with Gasteiger partial charge in [-0.25, -0.2) is 4.98 Å². The lowest BCUT2D eigenvalue weighted by Gasteiger charge is -2.19. The summed E-state index contributed by atoms with van der Waals surface area (Å²) in [5, 5.41) is 3.72. The Balaban J connectivity index is 1.82. The second-order valence-electron chi connectivity index (χ2n) is 5.98. The number of carbonyl (C=O) groups excluding carboxylic acids is 1. The predicted octanol–water partition coefficient (Wildman–Crippen LogP) is 3.53. The molecule has 1 atom stereocenters. The number of hydrogen-bond donors (Lipinski definition) is 1. The Morgan fingerprint density at radius 1 is 1.27 bits per heavy atom. The highest BCUT2D eigenvalue weighted by Gasteiger charge is 2.21. The van der Waals surface area contributed by atoms with Gasteiger partial charge in [0.15, 0.2) is 0 Å². The zero-order valence-corrected chi connectivity index (χ0v) is 15.4. The van der Waals surface area contributed by atoms with Gasteiger partial charge in [-0.2, -0.15) is 0 Å². The highest BCUT2D eigenvalue weighted by atomic mass is 35.5. The van der Waals surface area contributed by atoms with E-state index in [4.69, 9.17) is 16.3 Å². The van der Waals surface area contributed by atoms with E-state index in [2.05, 4.69) is 10.3 Å². The van der Waals surface area contributed by atoms with E-state index >= 15 is 0 Å². The molecule has 26 heavy (non-hydrogen) atoms. The molecule has 0 aliphatic heterocycles. The lowest BCUT2D eigenvalue weighted by atomic mass is 10.1. The van der Waals surface area contributed by atoms with Gasteiger partial charge in [-0.05, 0) is 35.4 Å². The first-order valence-corrected chi connectivity index (χ1v) is 8.59. The van der Waals surface area contributed by atoms with Crippen LogP contribution in [0.3, 0.4) is 0 Å². The molecule has 1 N–H and O–H groups in total. The highest BCUT2D eigenvalue weighted by molar-refractivity contribution is 6.30. The monoisotopic (exact) mass is 369 g/mol. The number of aromatic nitrogens is 2. The molecule has 0 aliphatic rings. The number of aryl methyl sites for hydroxylation is 1. The standard InChI is InChI=1S/C20H20ClN3O2/c1-24-11-10-22-20(24)19(15-6-8-16(21)9-7-15)23-18(25)13-14-4-3-5-17(12-14)26-2/h3-12,19H,13H2,1-2H3,(H,23,25)/t19-/m1/s1. The first-order chi connectivity index (χ1) is 12.6. The smallest absolute Gasteiger partial charge is 0.225 e. The molecule has 0 bridgehead atoms. The molecule has 6 heteroatoms. The van der Waals surface area contributed by atoms with E-state index in [1.807, 2.05) is 54.2 Å². The summed E-state index contributed by atoms with van der Waals surface area (Å²) >= 11 is 5.99. The summed E-state index contributed by atoms with van der Waals surface area (Å²) in [5.41, 5.74) is 1.80. The van der Waals surface area contributed by atoms with E-state index in [1.54, 1.807) is 25.4 Å². The highest BCUT2D eigenvalue weighted by Crippen LogP contribution is 2.22. The molecule has 1 amide bonds. The molecule has 3 rings (SSSR count). The van der Waals surface area contributed by atoms with Crippen molar-refractivity contribution >= 4 is 17.5 Å². The van der Waals surface area contributed by atoms with E-state index in [9.17, 15) is 4.79 Å². The number of amides is 1. The Labute approximate surface area is 157 Å². The van der Waals surface area contributed by atoms with Crippen LogP contribution in [0.5, 0.6) is 5.75 Å². The fraction of sp³-hybridized carbons (Fsp3) is 0.200. The van der Waals surface area contributed by atoms with Crippen LogP contribution in [-0.4, -0.2) is 22.6 Å². The van der Waals surface area contributed by atoms with Gasteiger partial charge in [0.2, 0.25) is 5.91 Å². The Hall–Kier alpha value is -2.79. The maximum Gasteiger partial charge on any atom is 0.225 e. The second kappa shape index (κ2) is 8.06. The summed E-state index contributed by atoms with van der Waals surface area (Å²) in [6.45, 7) is 0. The third kappa shape index (κ3) is 4.24. The maximum absolute atomic E-state index is 12.7. The van der Waals surface area contributed by atoms with Gasteiger partial charge in [0.1, 0.15) is 17.6 Å². The van der Waals surface area contributed by atoms with E-state index < -0.39 is 0 Å². The second-order valence-corrected chi connectivity index (χ2v) is 6.41. The van der Waals surface area contributed by atoms with Crippen LogP contribution < -0.4 is 10.1 Å². The zero-order valence-electron chi connectivity index (χ0n) is 14.6. The third-order valence-corrected chi connectivity index (χ3v) is 4.38. The molecule has 1 heterocycles. The number of halogens is 1. The summed E-state index contributed by atoms with van der Waals surface area (Å²) in [4.78, 5) is 17.1. The van der Waals surface area contributed by atoms with Crippen molar-refractivity contribution in [1.29, 1.82) is 0 Å². The Kier molecular flexibility index (Phi) is 5.58. The first-order valence-electron chi connectivity index (χ1n) is 8.22. The topological polar surface area (TPSA) is 56.1 Å². The van der Waals surface area contributed by atoms with Crippen molar-refractivity contribution in [3.05, 3.63) is 82.9 Å². The quantitative estimate of drug-likeness (QED) is 0.723. The number of benzene rings is 2. The summed E-state index contributed by atoms with van der Waals surface area (Å²) in [6, 6.07) is 14.5. The maximum atomic E-state index is 12.7. The number of nitrogens with zero attached hydrogens (tertiary/aromatic N) is 2. The minimum Gasteiger partial charge on any atom is -0.497 e. The van der Waals surface area contributed by atoms with E-state index in [-0.39, 0.29) is 18.4 Å². The van der Waals surface area contributed by atoms with Crippen molar-refractivity contribution < 1.29 is 9.53 Å². The SMILES string of the molecule is COc1cccc(CC(=O)N[C@H](c2ccc(Cl)cc2)c2nccn2C)c1. The van der Waals surface area contributed by atoms with Gasteiger partial charge in [-0.15, -0.1) is 0 Å². The van der Waals surface area contributed by atoms with Crippen LogP contribution in [0.2, 0.25) is 5.02 Å². The third-order valence-electron chi connectivity index (χ3n) is 4.12. The minimum absolute atomic E-state index is 0.0961. The van der Waals surface area contributed by atoms with Crippen LogP contribution in [0.1, 0.15) is 23.0 Å². The van der Waals surface area contributed by atoms with Crippen molar-refractivity contribution in [3.8, 4) is 5.75 Å². The van der Waals surface area contributed by atoms with Crippen molar-refractivity contribution in [2.24, 2.45) is 7.05 Å². The van der Waals surface area contributed by atoms with Gasteiger partial charge in [0, 0.05) is 24.5 Å². The van der Waals surface area contributed by atoms with E-state index in [1.165, 1.54) is 0 Å². The van der Waals surface area contributed by atoms with Crippen molar-refractivity contribution in [3.63, 3.8) is 0 Å². The minimum atomic E-state index is -0.356. The zero-order chi connectivity index (χ0) is 18.5. The average molecular weight is 370 g/mol. The average Bonchev–Trinajstić information content (AvgIpc) is 3.06. The number of nitrogens with one attached hydrogen (secondary N) is 1. The molecule has 0 aliphatic carbocycles. The van der Waals surface area contributed by atoms with Crippen LogP contribution in [-0.2, 0) is 18.3 Å². The summed E-state index contributed by atoms with van der Waals surface area (Å²) in [6.07, 6.45) is 3.82. The van der Waals surface area contributed by atoms with Gasteiger partial charge in [0.05, 0.1) is 13.5 Å². The van der Waals surface area contributed by atoms with Crippen LogP contribution in [0.25, 0.3) is 0 Å². The summed E-state index contributed by atoms with van der Waals surface area (Å²) < 4.78 is 7.11. The van der Waals surface area contributed by atoms with Crippen LogP contribution in [0.4, 0.5) is 0 Å². The molecule has 1 aromatic heterocycles. The molecular weight excluding hydrogens is 350 g/mol. The lowest BCUT2D eigenvalue weighted by molar-refractivity contribution is -0.121. The molecule has 0 saturated carbocycles. The van der Waals surface area contributed by atoms with Gasteiger partial charge < -0.3 is 14.6 Å². The molecular formula is C20H20ClN3O2. The predicted molar refractivity (Wildman–Crippen MR) is 101 cm³/mol. The Morgan fingerprint density at radius 3 is 2.69 bits per heavy atom. The van der Waals surface area contributed by atoms with Gasteiger partial charge in [-0.1, -0.05) is 35.9 Å². The molecule has 134 valence electrons. The van der Waals surface area contributed by atoms with Crippen molar-refractivity contribution in [1.82, 2.24) is 14.9 Å². The van der Waals surface area contributed by atoms with Crippen molar-refractivity contribution in [2.75, 3.05) is 7.11 Å². The molecule has 0 saturated heterocycles. The normalized spacial score (nSPS) is 11.8. The Morgan fingerprint density at radius 2 is 2.04 bits per heavy atom. The van der Waals surface area contributed by atoms with E-state index in [0.717, 1.165) is 22.7 Å². The van der Waals surface area contributed by atoms with E-state index in [0.29, 0.717) is 5.02 Å². The number of ether oxygens (including phenoxy) is 1. The van der Waals surface area contributed by atoms with Crippen molar-refractivity contribution in [2.45, 2.75) is 12.5 Å². The Bertz CT molecular complexity index is 890. The van der Waals surface area contributed by atoms with Crippen LogP contribution >= 0.6 is 11.6 Å². The largest absolute Gasteiger partial charge is 0.497 e. The molecule has 2 aromatic carbocycles. The van der Waals surface area contributed by atoms with Gasteiger partial charge >= 0.3 is 0 Å². The molecule has 0 radical (unpaired) electrons. The lowest BCUT2D eigenvalue weighted by Crippen LogP contribution is -2.32. The van der Waals surface area contributed by atoms with Crippen LogP contribution in [0.15, 0.2) is 60.9 Å². The van der Waals surface area contributed by atoms with Gasteiger partial charge in [-0.3, -0.25) is 4.79 Å². The first kappa shape index (κ1) is 18.0. The number of hydrogen-bond acceptors (Lipinski definition) is 3. The van der Waals surface area contributed by atoms with Gasteiger partial charge in [0.25, 0.3) is 0 Å². The van der Waals surface area contributed by atoms with Crippen LogP contribution in [0, 0.1) is 0 Å².